The van der Waals surface area contributed by atoms with Gasteiger partial charge >= 0.3 is 0 Å². The third-order valence-corrected chi connectivity index (χ3v) is 9.84. The molecule has 10 aromatic rings. The molecular weight excluding hydrogens is 607 g/mol. The molecule has 0 amide bonds. The van der Waals surface area contributed by atoms with Crippen LogP contribution in [0.1, 0.15) is 0 Å². The third kappa shape index (κ3) is 4.63. The van der Waals surface area contributed by atoms with Crippen molar-refractivity contribution in [3.05, 3.63) is 176 Å². The highest BCUT2D eigenvalue weighted by molar-refractivity contribution is 6.12. The van der Waals surface area contributed by atoms with E-state index in [1.807, 2.05) is 0 Å². The Balaban J connectivity index is 1.06. The van der Waals surface area contributed by atoms with Crippen LogP contribution in [-0.4, -0.2) is 15.0 Å². The fraction of sp³-hybridized carbons (Fsp3) is 0. The van der Waals surface area contributed by atoms with Crippen LogP contribution in [0, 0.1) is 0 Å². The number of hydrogen-bond donors (Lipinski definition) is 0. The molecule has 3 aromatic heterocycles. The minimum Gasteiger partial charge on any atom is -0.247 e. The molecular formula is C47H29N3. The van der Waals surface area contributed by atoms with Crippen molar-refractivity contribution in [1.82, 2.24) is 15.0 Å². The number of rotatable bonds is 4. The van der Waals surface area contributed by atoms with Gasteiger partial charge < -0.3 is 0 Å². The van der Waals surface area contributed by atoms with Crippen molar-refractivity contribution in [2.45, 2.75) is 0 Å². The Kier molecular flexibility index (Phi) is 6.49. The van der Waals surface area contributed by atoms with E-state index in [0.717, 1.165) is 77.6 Å². The quantitative estimate of drug-likeness (QED) is 0.181. The second-order valence-electron chi connectivity index (χ2n) is 12.8. The summed E-state index contributed by atoms with van der Waals surface area (Å²) < 4.78 is 0. The standard InChI is InChI=1S/C47H29N3/c1-2-12-35-34(11-1)29-44(30-21-23-32(24-22-30)46-40-17-5-3-13-36(40)38-15-7-9-19-42(38)48-46)50-45(35)31-25-27-33(28-26-31)47-41-18-6-4-14-37(41)39-16-8-10-20-43(39)49-47/h1-29H. The van der Waals surface area contributed by atoms with E-state index < -0.39 is 0 Å². The fourth-order valence-corrected chi connectivity index (χ4v) is 7.40. The van der Waals surface area contributed by atoms with E-state index in [1.165, 1.54) is 21.5 Å². The van der Waals surface area contributed by atoms with Crippen LogP contribution in [0.3, 0.4) is 0 Å². The lowest BCUT2D eigenvalue weighted by molar-refractivity contribution is 1.35. The maximum absolute atomic E-state index is 5.30. The first-order valence-corrected chi connectivity index (χ1v) is 16.9. The summed E-state index contributed by atoms with van der Waals surface area (Å²) in [5.41, 5.74) is 10.2. The first-order valence-electron chi connectivity index (χ1n) is 16.9. The molecule has 50 heavy (non-hydrogen) atoms. The summed E-state index contributed by atoms with van der Waals surface area (Å²) in [6, 6.07) is 61.9. The average molecular weight is 636 g/mol. The zero-order valence-corrected chi connectivity index (χ0v) is 27.1. The number of nitrogens with zero attached hydrogens (tertiary/aromatic N) is 3. The number of pyridine rings is 3. The molecule has 0 radical (unpaired) electrons. The number of aromatic nitrogens is 3. The van der Waals surface area contributed by atoms with Gasteiger partial charge in [0, 0.05) is 49.2 Å². The molecule has 7 aromatic carbocycles. The van der Waals surface area contributed by atoms with E-state index in [9.17, 15) is 0 Å². The summed E-state index contributed by atoms with van der Waals surface area (Å²) in [4.78, 5) is 15.5. The van der Waals surface area contributed by atoms with Crippen molar-refractivity contribution in [2.75, 3.05) is 0 Å². The van der Waals surface area contributed by atoms with Gasteiger partial charge in [0.25, 0.3) is 0 Å². The summed E-state index contributed by atoms with van der Waals surface area (Å²) in [5.74, 6) is 0. The van der Waals surface area contributed by atoms with Gasteiger partial charge in [0.1, 0.15) is 0 Å². The molecule has 0 aliphatic heterocycles. The Hall–Kier alpha value is -6.71. The molecule has 0 bridgehead atoms. The van der Waals surface area contributed by atoms with Gasteiger partial charge in [-0.25, -0.2) is 15.0 Å². The molecule has 0 spiro atoms. The monoisotopic (exact) mass is 635 g/mol. The highest BCUT2D eigenvalue weighted by atomic mass is 14.7. The predicted octanol–water partition coefficient (Wildman–Crippen LogP) is 12.3. The average Bonchev–Trinajstić information content (AvgIpc) is 3.20. The summed E-state index contributed by atoms with van der Waals surface area (Å²) >= 11 is 0. The van der Waals surface area contributed by atoms with Crippen molar-refractivity contribution in [1.29, 1.82) is 0 Å². The van der Waals surface area contributed by atoms with E-state index >= 15 is 0 Å². The van der Waals surface area contributed by atoms with Crippen LogP contribution in [-0.2, 0) is 0 Å². The molecule has 3 nitrogen and oxygen atoms in total. The Morgan fingerprint density at radius 1 is 0.260 bits per heavy atom. The lowest BCUT2D eigenvalue weighted by Gasteiger charge is -2.13. The normalized spacial score (nSPS) is 11.6. The molecule has 0 atom stereocenters. The zero-order chi connectivity index (χ0) is 33.0. The minimum atomic E-state index is 0.938. The maximum atomic E-state index is 5.30. The van der Waals surface area contributed by atoms with Crippen LogP contribution in [0.2, 0.25) is 0 Å². The highest BCUT2D eigenvalue weighted by Crippen LogP contribution is 2.37. The SMILES string of the molecule is c1ccc2c(-c3ccc(-c4nc5ccccc5c5ccccc45)cc3)nc(-c3ccc(-c4nc5ccccc5c5ccccc45)cc3)cc2c1. The first-order chi connectivity index (χ1) is 24.8. The van der Waals surface area contributed by atoms with Gasteiger partial charge in [0.2, 0.25) is 0 Å². The molecule has 10 rings (SSSR count). The zero-order valence-electron chi connectivity index (χ0n) is 27.1. The minimum absolute atomic E-state index is 0.938. The molecule has 0 N–H and O–H groups in total. The van der Waals surface area contributed by atoms with Crippen LogP contribution in [0.5, 0.6) is 0 Å². The third-order valence-electron chi connectivity index (χ3n) is 9.84. The van der Waals surface area contributed by atoms with Gasteiger partial charge in [-0.1, -0.05) is 158 Å². The second-order valence-corrected chi connectivity index (χ2v) is 12.8. The van der Waals surface area contributed by atoms with E-state index in [2.05, 4.69) is 176 Å². The summed E-state index contributed by atoms with van der Waals surface area (Å²) in [7, 11) is 0. The molecule has 232 valence electrons. The molecule has 3 heterocycles. The summed E-state index contributed by atoms with van der Waals surface area (Å²) in [6.07, 6.45) is 0. The van der Waals surface area contributed by atoms with Gasteiger partial charge in [-0.15, -0.1) is 0 Å². The molecule has 0 aliphatic rings. The van der Waals surface area contributed by atoms with Crippen LogP contribution in [0.25, 0.3) is 99.2 Å². The van der Waals surface area contributed by atoms with Gasteiger partial charge in [-0.3, -0.25) is 0 Å². The smallest absolute Gasteiger partial charge is 0.0788 e. The molecule has 3 heteroatoms. The second kappa shape index (κ2) is 11.5. The Labute approximate surface area is 289 Å². The largest absolute Gasteiger partial charge is 0.247 e. The predicted molar refractivity (Wildman–Crippen MR) is 209 cm³/mol. The fourth-order valence-electron chi connectivity index (χ4n) is 7.40. The van der Waals surface area contributed by atoms with E-state index in [1.54, 1.807) is 0 Å². The number of benzene rings is 7. The van der Waals surface area contributed by atoms with E-state index in [4.69, 9.17) is 15.0 Å². The first kappa shape index (κ1) is 28.3. The maximum Gasteiger partial charge on any atom is 0.0788 e. The lowest BCUT2D eigenvalue weighted by Crippen LogP contribution is -1.93. The Morgan fingerprint density at radius 2 is 0.620 bits per heavy atom. The Morgan fingerprint density at radius 3 is 1.12 bits per heavy atom. The molecule has 0 aliphatic carbocycles. The van der Waals surface area contributed by atoms with Crippen LogP contribution in [0.4, 0.5) is 0 Å². The highest BCUT2D eigenvalue weighted by Gasteiger charge is 2.14. The molecule has 0 fully saturated rings. The van der Waals surface area contributed by atoms with E-state index in [0.29, 0.717) is 0 Å². The topological polar surface area (TPSA) is 38.7 Å². The molecule has 0 saturated carbocycles. The van der Waals surface area contributed by atoms with Crippen LogP contribution in [0.15, 0.2) is 176 Å². The van der Waals surface area contributed by atoms with Crippen molar-refractivity contribution in [3.63, 3.8) is 0 Å². The van der Waals surface area contributed by atoms with E-state index in [-0.39, 0.29) is 0 Å². The lowest BCUT2D eigenvalue weighted by atomic mass is 9.97. The number of para-hydroxylation sites is 2. The number of fused-ring (bicyclic) bond motifs is 7. The van der Waals surface area contributed by atoms with Crippen LogP contribution >= 0.6 is 0 Å². The van der Waals surface area contributed by atoms with Crippen molar-refractivity contribution in [2.24, 2.45) is 0 Å². The van der Waals surface area contributed by atoms with Gasteiger partial charge in [0.05, 0.1) is 33.8 Å². The van der Waals surface area contributed by atoms with Crippen molar-refractivity contribution < 1.29 is 0 Å². The van der Waals surface area contributed by atoms with Gasteiger partial charge in [0.15, 0.2) is 0 Å². The molecule has 0 saturated heterocycles. The van der Waals surface area contributed by atoms with Crippen molar-refractivity contribution in [3.8, 4) is 45.0 Å². The summed E-state index contributed by atoms with van der Waals surface area (Å²) in [5, 5.41) is 9.37. The van der Waals surface area contributed by atoms with Crippen LogP contribution < -0.4 is 0 Å². The molecule has 0 unspecified atom stereocenters. The van der Waals surface area contributed by atoms with Gasteiger partial charge in [-0.05, 0) is 34.4 Å². The summed E-state index contributed by atoms with van der Waals surface area (Å²) in [6.45, 7) is 0. The van der Waals surface area contributed by atoms with Crippen molar-refractivity contribution >= 4 is 54.1 Å². The van der Waals surface area contributed by atoms with Gasteiger partial charge in [-0.2, -0.15) is 0 Å². The Bertz CT molecular complexity index is 2910. The number of hydrogen-bond acceptors (Lipinski definition) is 3.